The van der Waals surface area contributed by atoms with E-state index in [9.17, 15) is 9.59 Å². The van der Waals surface area contributed by atoms with Gasteiger partial charge in [-0.1, -0.05) is 59.6 Å². The molecule has 0 aliphatic carbocycles. The number of hydrogen-bond donors (Lipinski definition) is 2. The zero-order valence-electron chi connectivity index (χ0n) is 14.0. The van der Waals surface area contributed by atoms with Crippen LogP contribution in [-0.2, 0) is 11.2 Å². The number of aryl methyl sites for hydroxylation is 1. The first-order valence-corrected chi connectivity index (χ1v) is 9.71. The van der Waals surface area contributed by atoms with Crippen LogP contribution in [0.2, 0.25) is 10.0 Å². The van der Waals surface area contributed by atoms with Crippen molar-refractivity contribution >= 4 is 57.2 Å². The van der Waals surface area contributed by atoms with Crippen molar-refractivity contribution in [3.8, 4) is 0 Å². The first-order chi connectivity index (χ1) is 13.0. The van der Waals surface area contributed by atoms with Gasteiger partial charge in [0, 0.05) is 11.8 Å². The quantitative estimate of drug-likeness (QED) is 0.571. The van der Waals surface area contributed by atoms with Crippen molar-refractivity contribution in [2.75, 3.05) is 10.6 Å². The number of aromatic nitrogens is 1. The Kier molecular flexibility index (Phi) is 6.45. The number of anilines is 2. The average Bonchev–Trinajstić information content (AvgIpc) is 3.13. The van der Waals surface area contributed by atoms with Crippen LogP contribution >= 0.6 is 34.5 Å². The summed E-state index contributed by atoms with van der Waals surface area (Å²) >= 11 is 13.2. The van der Waals surface area contributed by atoms with Crippen LogP contribution < -0.4 is 10.6 Å². The second kappa shape index (κ2) is 8.99. The van der Waals surface area contributed by atoms with Crippen molar-refractivity contribution in [1.82, 2.24) is 4.98 Å². The van der Waals surface area contributed by atoms with E-state index in [-0.39, 0.29) is 16.6 Å². The number of halogens is 2. The zero-order valence-corrected chi connectivity index (χ0v) is 16.4. The predicted octanol–water partition coefficient (Wildman–Crippen LogP) is 5.27. The summed E-state index contributed by atoms with van der Waals surface area (Å²) in [6.07, 6.45) is 0.974. The van der Waals surface area contributed by atoms with Gasteiger partial charge in [0.25, 0.3) is 5.91 Å². The van der Waals surface area contributed by atoms with E-state index < -0.39 is 5.91 Å². The largest absolute Gasteiger partial charge is 0.319 e. The predicted molar refractivity (Wildman–Crippen MR) is 110 cm³/mol. The Morgan fingerprint density at radius 1 is 1.00 bits per heavy atom. The molecule has 27 heavy (non-hydrogen) atoms. The van der Waals surface area contributed by atoms with Crippen LogP contribution in [0.4, 0.5) is 10.8 Å². The van der Waals surface area contributed by atoms with Crippen molar-refractivity contribution in [3.05, 3.63) is 75.2 Å². The molecule has 0 saturated carbocycles. The van der Waals surface area contributed by atoms with Crippen LogP contribution in [0.3, 0.4) is 0 Å². The molecule has 8 heteroatoms. The number of nitrogens with one attached hydrogen (secondary N) is 2. The Morgan fingerprint density at radius 3 is 2.56 bits per heavy atom. The number of carbonyl (C=O) groups excluding carboxylic acids is 2. The lowest BCUT2D eigenvalue weighted by Gasteiger charge is -2.06. The molecule has 2 aromatic carbocycles. The van der Waals surface area contributed by atoms with E-state index in [1.165, 1.54) is 11.3 Å². The third kappa shape index (κ3) is 5.29. The lowest BCUT2D eigenvalue weighted by atomic mass is 10.1. The fourth-order valence-corrected chi connectivity index (χ4v) is 3.36. The van der Waals surface area contributed by atoms with Gasteiger partial charge < -0.3 is 10.6 Å². The molecule has 138 valence electrons. The highest BCUT2D eigenvalue weighted by atomic mass is 35.5. The normalized spacial score (nSPS) is 10.4. The summed E-state index contributed by atoms with van der Waals surface area (Å²) in [4.78, 5) is 28.5. The van der Waals surface area contributed by atoms with Crippen molar-refractivity contribution < 1.29 is 9.59 Å². The highest BCUT2D eigenvalue weighted by molar-refractivity contribution is 7.14. The van der Waals surface area contributed by atoms with Crippen LogP contribution in [0.25, 0.3) is 0 Å². The minimum Gasteiger partial charge on any atom is -0.319 e. The van der Waals surface area contributed by atoms with Crippen molar-refractivity contribution in [1.29, 1.82) is 0 Å². The van der Waals surface area contributed by atoms with Gasteiger partial charge in [-0.15, -0.1) is 11.3 Å². The van der Waals surface area contributed by atoms with Crippen LogP contribution in [-0.4, -0.2) is 16.8 Å². The smallest absolute Gasteiger partial charge is 0.275 e. The molecular weight excluding hydrogens is 405 g/mol. The Labute approximate surface area is 170 Å². The number of benzene rings is 2. The van der Waals surface area contributed by atoms with Gasteiger partial charge in [0.15, 0.2) is 5.13 Å². The molecule has 0 saturated heterocycles. The van der Waals surface area contributed by atoms with Gasteiger partial charge in [-0.05, 0) is 24.1 Å². The maximum Gasteiger partial charge on any atom is 0.275 e. The second-order valence-corrected chi connectivity index (χ2v) is 7.27. The maximum atomic E-state index is 12.3. The van der Waals surface area contributed by atoms with Gasteiger partial charge in [-0.2, -0.15) is 0 Å². The highest BCUT2D eigenvalue weighted by Crippen LogP contribution is 2.30. The van der Waals surface area contributed by atoms with E-state index in [1.54, 1.807) is 23.6 Å². The molecule has 0 fully saturated rings. The van der Waals surface area contributed by atoms with Gasteiger partial charge >= 0.3 is 0 Å². The van der Waals surface area contributed by atoms with E-state index in [4.69, 9.17) is 23.2 Å². The number of amides is 2. The highest BCUT2D eigenvalue weighted by Gasteiger charge is 2.14. The third-order valence-electron chi connectivity index (χ3n) is 3.67. The summed E-state index contributed by atoms with van der Waals surface area (Å²) in [5, 5.41) is 7.92. The molecule has 2 N–H and O–H groups in total. The second-order valence-electron chi connectivity index (χ2n) is 5.63. The first kappa shape index (κ1) is 19.4. The Balaban J connectivity index is 1.56. The van der Waals surface area contributed by atoms with E-state index in [0.29, 0.717) is 28.7 Å². The van der Waals surface area contributed by atoms with E-state index in [2.05, 4.69) is 15.6 Å². The fourth-order valence-electron chi connectivity index (χ4n) is 2.31. The van der Waals surface area contributed by atoms with Crippen LogP contribution in [0.5, 0.6) is 0 Å². The lowest BCUT2D eigenvalue weighted by Crippen LogP contribution is -2.14. The first-order valence-electron chi connectivity index (χ1n) is 8.07. The third-order valence-corrected chi connectivity index (χ3v) is 5.24. The fraction of sp³-hybridized carbons (Fsp3) is 0.105. The Hall–Kier alpha value is -2.41. The summed E-state index contributed by atoms with van der Waals surface area (Å²) in [5.41, 5.74) is 1.68. The maximum absolute atomic E-state index is 12.3. The number of carbonyl (C=O) groups is 2. The summed E-state index contributed by atoms with van der Waals surface area (Å²) < 4.78 is 0. The molecule has 0 bridgehead atoms. The van der Waals surface area contributed by atoms with Gasteiger partial charge in [-0.3, -0.25) is 9.59 Å². The molecule has 3 aromatic rings. The summed E-state index contributed by atoms with van der Waals surface area (Å²) in [6, 6.07) is 14.7. The number of rotatable bonds is 6. The SMILES string of the molecule is O=C(CCc1ccccc1)Nc1nc(C(=O)Nc2cccc(Cl)c2Cl)cs1. The summed E-state index contributed by atoms with van der Waals surface area (Å²) in [6.45, 7) is 0. The van der Waals surface area contributed by atoms with Crippen LogP contribution in [0, 0.1) is 0 Å². The molecule has 0 unspecified atom stereocenters. The minimum atomic E-state index is -0.430. The molecule has 0 spiro atoms. The van der Waals surface area contributed by atoms with Crippen molar-refractivity contribution in [2.24, 2.45) is 0 Å². The molecule has 3 rings (SSSR count). The van der Waals surface area contributed by atoms with Crippen molar-refractivity contribution in [2.45, 2.75) is 12.8 Å². The monoisotopic (exact) mass is 419 g/mol. The number of thiazole rings is 1. The number of hydrogen-bond acceptors (Lipinski definition) is 4. The zero-order chi connectivity index (χ0) is 19.2. The molecule has 0 aliphatic heterocycles. The van der Waals surface area contributed by atoms with E-state index in [0.717, 1.165) is 5.56 Å². The average molecular weight is 420 g/mol. The summed E-state index contributed by atoms with van der Waals surface area (Å²) in [5.74, 6) is -0.585. The molecule has 0 radical (unpaired) electrons. The molecule has 1 heterocycles. The lowest BCUT2D eigenvalue weighted by molar-refractivity contribution is -0.116. The Morgan fingerprint density at radius 2 is 1.78 bits per heavy atom. The van der Waals surface area contributed by atoms with Crippen LogP contribution in [0.1, 0.15) is 22.5 Å². The molecule has 1 aromatic heterocycles. The van der Waals surface area contributed by atoms with Gasteiger partial charge in [0.05, 0.1) is 15.7 Å². The molecule has 0 atom stereocenters. The van der Waals surface area contributed by atoms with E-state index >= 15 is 0 Å². The van der Waals surface area contributed by atoms with Crippen molar-refractivity contribution in [3.63, 3.8) is 0 Å². The minimum absolute atomic E-state index is 0.155. The van der Waals surface area contributed by atoms with Gasteiger partial charge in [0.2, 0.25) is 5.91 Å². The molecular formula is C19H15Cl2N3O2S. The van der Waals surface area contributed by atoms with Gasteiger partial charge in [0.1, 0.15) is 5.69 Å². The standard InChI is InChI=1S/C19H15Cl2N3O2S/c20-13-7-4-8-14(17(13)21)22-18(26)15-11-27-19(23-15)24-16(25)10-9-12-5-2-1-3-6-12/h1-8,11H,9-10H2,(H,22,26)(H,23,24,25). The van der Waals surface area contributed by atoms with E-state index in [1.807, 2.05) is 30.3 Å². The Bertz CT molecular complexity index is 961. The molecule has 0 aliphatic rings. The van der Waals surface area contributed by atoms with Gasteiger partial charge in [-0.25, -0.2) is 4.98 Å². The topological polar surface area (TPSA) is 71.1 Å². The molecule has 5 nitrogen and oxygen atoms in total. The number of nitrogens with zero attached hydrogens (tertiary/aromatic N) is 1. The molecule has 2 amide bonds. The van der Waals surface area contributed by atoms with Crippen LogP contribution in [0.15, 0.2) is 53.9 Å². The summed E-state index contributed by atoms with van der Waals surface area (Å²) in [7, 11) is 0.